The predicted molar refractivity (Wildman–Crippen MR) is 77.8 cm³/mol. The van der Waals surface area contributed by atoms with Crippen molar-refractivity contribution in [2.75, 3.05) is 13.3 Å². The first-order valence-corrected chi connectivity index (χ1v) is 11.2. The molecule has 0 radical (unpaired) electrons. The average molecular weight is 370 g/mol. The molecule has 0 aromatic heterocycles. The molecule has 0 fully saturated rings. The van der Waals surface area contributed by atoms with Crippen molar-refractivity contribution < 1.29 is 32.6 Å². The van der Waals surface area contributed by atoms with Crippen molar-refractivity contribution in [3.8, 4) is 0 Å². The van der Waals surface area contributed by atoms with E-state index in [1.54, 1.807) is 14.2 Å². The Kier molecular flexibility index (Phi) is 6.69. The third-order valence-corrected chi connectivity index (χ3v) is 9.60. The zero-order chi connectivity index (χ0) is 12.5. The van der Waals surface area contributed by atoms with Crippen molar-refractivity contribution in [2.45, 2.75) is 10.0 Å². The first-order chi connectivity index (χ1) is 8.75. The topological polar surface area (TPSA) is 0 Å². The molecule has 0 amide bonds. The van der Waals surface area contributed by atoms with Crippen LogP contribution in [0.4, 0.5) is 0 Å². The van der Waals surface area contributed by atoms with Gasteiger partial charge >= 0.3 is 123 Å². The fourth-order valence-corrected chi connectivity index (χ4v) is 9.49. The van der Waals surface area contributed by atoms with Crippen molar-refractivity contribution in [1.82, 2.24) is 0 Å². The minimum Gasteiger partial charge on any atom is -1.00 e. The van der Waals surface area contributed by atoms with Gasteiger partial charge in [-0.25, -0.2) is 0 Å². The van der Waals surface area contributed by atoms with Gasteiger partial charge in [-0.2, -0.15) is 0 Å². The molecule has 0 aliphatic heterocycles. The molecule has 0 saturated carbocycles. The van der Waals surface area contributed by atoms with Gasteiger partial charge in [0.2, 0.25) is 0 Å². The molecule has 1 aromatic carbocycles. The molecule has 104 valence electrons. The Hall–Kier alpha value is -0.387. The van der Waals surface area contributed by atoms with Crippen LogP contribution in [-0.4, -0.2) is 13.3 Å². The summed E-state index contributed by atoms with van der Waals surface area (Å²) in [6.45, 7) is 4.81. The molecule has 1 aromatic rings. The summed E-state index contributed by atoms with van der Waals surface area (Å²) in [6.07, 6.45) is 10.6. The second kappa shape index (κ2) is 7.57. The fourth-order valence-electron chi connectivity index (χ4n) is 2.59. The van der Waals surface area contributed by atoms with Gasteiger partial charge in [0.05, 0.1) is 0 Å². The Bertz CT molecular complexity index is 561. The maximum atomic E-state index is 2.48. The summed E-state index contributed by atoms with van der Waals surface area (Å²) >= 11 is -0.500. The fraction of sp³-hybridized carbons (Fsp3) is 0.250. The molecule has 1 unspecified atom stereocenters. The Morgan fingerprint density at radius 1 is 1.15 bits per heavy atom. The Morgan fingerprint density at radius 3 is 2.55 bits per heavy atom. The smallest absolute Gasteiger partial charge is 1.00 e. The molecular weight excluding hydrogens is 352 g/mol. The second-order valence-electron chi connectivity index (χ2n) is 4.99. The van der Waals surface area contributed by atoms with Crippen molar-refractivity contribution in [3.63, 3.8) is 0 Å². The third-order valence-electron chi connectivity index (χ3n) is 3.52. The molecule has 0 saturated heterocycles. The van der Waals surface area contributed by atoms with Crippen LogP contribution in [0, 0.1) is 0 Å². The Morgan fingerprint density at radius 2 is 1.90 bits per heavy atom. The van der Waals surface area contributed by atoms with Gasteiger partial charge in [-0.1, -0.05) is 0 Å². The van der Waals surface area contributed by atoms with E-state index >= 15 is 0 Å². The molecule has 0 spiro atoms. The zero-order valence-corrected chi connectivity index (χ0v) is 15.0. The third kappa shape index (κ3) is 3.44. The van der Waals surface area contributed by atoms with Crippen LogP contribution in [0.15, 0.2) is 51.1 Å². The standard InChI is InChI=1S/C11H12P.C5H5.2FH.Zr/c1-12(2)11-7-9-5-3-4-6-10(9)8-11;1-2-4-5-3-1;;;/h3-8H,1-2H3;1-3H,4H2;2*1H;/q;;;;+2/p-2. The van der Waals surface area contributed by atoms with Gasteiger partial charge in [-0.3, -0.25) is 0 Å². The van der Waals surface area contributed by atoms with E-state index in [9.17, 15) is 0 Å². The summed E-state index contributed by atoms with van der Waals surface area (Å²) in [5.74, 6) is 0. The Balaban J connectivity index is 0.000001000. The number of rotatable bonds is 3. The summed E-state index contributed by atoms with van der Waals surface area (Å²) in [4.78, 5) is 0. The second-order valence-corrected chi connectivity index (χ2v) is 11.0. The van der Waals surface area contributed by atoms with Crippen LogP contribution in [0.25, 0.3) is 6.08 Å². The zero-order valence-electron chi connectivity index (χ0n) is 11.6. The van der Waals surface area contributed by atoms with E-state index in [0.717, 1.165) is 3.63 Å². The van der Waals surface area contributed by atoms with Crippen molar-refractivity contribution in [2.24, 2.45) is 0 Å². The van der Waals surface area contributed by atoms with E-state index in [1.165, 1.54) is 12.0 Å². The molecule has 0 nitrogen and oxygen atoms in total. The summed E-state index contributed by atoms with van der Waals surface area (Å²) in [5, 5.41) is 1.74. The number of hydrogen-bond donors (Lipinski definition) is 0. The molecule has 4 heteroatoms. The minimum atomic E-state index is -0.500. The maximum Gasteiger partial charge on any atom is -1.00 e. The van der Waals surface area contributed by atoms with Crippen LogP contribution in [0.5, 0.6) is 0 Å². The summed E-state index contributed by atoms with van der Waals surface area (Å²) in [7, 11) is 0.0485. The number of allylic oxidation sites excluding steroid dienone is 5. The molecule has 1 atom stereocenters. The van der Waals surface area contributed by atoms with Gasteiger partial charge in [0.15, 0.2) is 0 Å². The van der Waals surface area contributed by atoms with Crippen LogP contribution in [0.3, 0.4) is 0 Å². The number of benzene rings is 1. The summed E-state index contributed by atoms with van der Waals surface area (Å²) in [6, 6.07) is 9.02. The van der Waals surface area contributed by atoms with Crippen molar-refractivity contribution in [1.29, 1.82) is 0 Å². The first kappa shape index (κ1) is 17.7. The predicted octanol–water partition coefficient (Wildman–Crippen LogP) is -1.24. The molecule has 2 aliphatic carbocycles. The summed E-state index contributed by atoms with van der Waals surface area (Å²) in [5.41, 5.74) is 3.10. The van der Waals surface area contributed by atoms with E-state index in [1.807, 2.05) is 0 Å². The molecule has 0 bridgehead atoms. The average Bonchev–Trinajstić information content (AvgIpc) is 2.98. The van der Waals surface area contributed by atoms with Crippen LogP contribution in [0.1, 0.15) is 21.2 Å². The van der Waals surface area contributed by atoms with Crippen molar-refractivity contribution >= 4 is 14.0 Å². The SMILES string of the molecule is CP(C)C1=Cc2ccccc2[CH]1[Zr+2][C]1=CC=CC1.[F-].[F-]. The number of fused-ring (bicyclic) bond motifs is 1. The normalized spacial score (nSPS) is 18.6. The van der Waals surface area contributed by atoms with E-state index in [0.29, 0.717) is 0 Å². The van der Waals surface area contributed by atoms with Crippen LogP contribution < -0.4 is 9.41 Å². The maximum absolute atomic E-state index is 2.48. The van der Waals surface area contributed by atoms with Gasteiger partial charge in [-0.05, 0) is 0 Å². The summed E-state index contributed by atoms with van der Waals surface area (Å²) < 4.78 is 2.56. The van der Waals surface area contributed by atoms with Gasteiger partial charge in [0.1, 0.15) is 0 Å². The number of halogens is 2. The largest absolute Gasteiger partial charge is 1.00 e. The molecule has 2 aliphatic rings. The molecular formula is C16H17F2PZr. The monoisotopic (exact) mass is 368 g/mol. The van der Waals surface area contributed by atoms with E-state index in [2.05, 4.69) is 61.9 Å². The van der Waals surface area contributed by atoms with E-state index in [-0.39, 0.29) is 17.3 Å². The van der Waals surface area contributed by atoms with Gasteiger partial charge in [0.25, 0.3) is 0 Å². The molecule has 0 N–H and O–H groups in total. The van der Waals surface area contributed by atoms with E-state index < -0.39 is 23.2 Å². The Labute approximate surface area is 132 Å². The quantitative estimate of drug-likeness (QED) is 0.585. The molecule has 0 heterocycles. The minimum absolute atomic E-state index is 0. The van der Waals surface area contributed by atoms with Crippen LogP contribution in [-0.2, 0) is 23.2 Å². The van der Waals surface area contributed by atoms with Gasteiger partial charge in [-0.15, -0.1) is 0 Å². The van der Waals surface area contributed by atoms with E-state index in [4.69, 9.17) is 0 Å². The van der Waals surface area contributed by atoms with Gasteiger partial charge < -0.3 is 9.41 Å². The van der Waals surface area contributed by atoms with Crippen LogP contribution in [0.2, 0.25) is 0 Å². The molecule has 3 rings (SSSR count). The van der Waals surface area contributed by atoms with Crippen molar-refractivity contribution in [3.05, 3.63) is 62.2 Å². The molecule has 20 heavy (non-hydrogen) atoms. The number of hydrogen-bond acceptors (Lipinski definition) is 0. The van der Waals surface area contributed by atoms with Gasteiger partial charge in [0, 0.05) is 0 Å². The van der Waals surface area contributed by atoms with Crippen LogP contribution >= 0.6 is 7.92 Å². The first-order valence-electron chi connectivity index (χ1n) is 6.36.